The fourth-order valence-corrected chi connectivity index (χ4v) is 1.87. The summed E-state index contributed by atoms with van der Waals surface area (Å²) < 4.78 is 1.75. The number of nitrogens with zero attached hydrogens (tertiary/aromatic N) is 2. The number of pyridine rings is 1. The SMILES string of the molecule is Cc1ccc2c(ccc3c(O)cnn32)c1. The Morgan fingerprint density at radius 1 is 1.13 bits per heavy atom. The van der Waals surface area contributed by atoms with Crippen LogP contribution in [0.2, 0.25) is 0 Å². The summed E-state index contributed by atoms with van der Waals surface area (Å²) in [6, 6.07) is 10.0. The second-order valence-corrected chi connectivity index (χ2v) is 3.72. The van der Waals surface area contributed by atoms with Crippen LogP contribution in [0.25, 0.3) is 16.4 Å². The molecule has 3 aromatic rings. The molecule has 0 unspecified atom stereocenters. The van der Waals surface area contributed by atoms with Gasteiger partial charge in [0.15, 0.2) is 5.75 Å². The highest BCUT2D eigenvalue weighted by Crippen LogP contribution is 2.23. The van der Waals surface area contributed by atoms with E-state index in [2.05, 4.69) is 18.1 Å². The quantitative estimate of drug-likeness (QED) is 0.602. The molecular formula is C12H10N2O. The number of aromatic nitrogens is 2. The van der Waals surface area contributed by atoms with Crippen LogP contribution in [0.5, 0.6) is 5.75 Å². The van der Waals surface area contributed by atoms with Gasteiger partial charge in [-0.25, -0.2) is 4.52 Å². The Morgan fingerprint density at radius 3 is 2.80 bits per heavy atom. The van der Waals surface area contributed by atoms with Crippen molar-refractivity contribution >= 4 is 16.4 Å². The number of hydrogen-bond donors (Lipinski definition) is 1. The van der Waals surface area contributed by atoms with Gasteiger partial charge in [0.25, 0.3) is 0 Å². The lowest BCUT2D eigenvalue weighted by molar-refractivity contribution is 0.481. The van der Waals surface area contributed by atoms with Crippen LogP contribution in [-0.4, -0.2) is 14.7 Å². The molecule has 1 aromatic carbocycles. The number of fused-ring (bicyclic) bond motifs is 3. The Morgan fingerprint density at radius 2 is 1.93 bits per heavy atom. The van der Waals surface area contributed by atoms with Crippen LogP contribution >= 0.6 is 0 Å². The minimum atomic E-state index is 0.220. The van der Waals surface area contributed by atoms with E-state index in [1.807, 2.05) is 24.3 Å². The second kappa shape index (κ2) is 2.73. The van der Waals surface area contributed by atoms with Gasteiger partial charge in [0.05, 0.1) is 11.7 Å². The van der Waals surface area contributed by atoms with Gasteiger partial charge in [-0.1, -0.05) is 17.7 Å². The van der Waals surface area contributed by atoms with Crippen LogP contribution in [0.1, 0.15) is 5.56 Å². The minimum Gasteiger partial charge on any atom is -0.504 e. The maximum absolute atomic E-state index is 9.54. The topological polar surface area (TPSA) is 37.5 Å². The van der Waals surface area contributed by atoms with Gasteiger partial charge in [0, 0.05) is 5.39 Å². The lowest BCUT2D eigenvalue weighted by Crippen LogP contribution is -1.89. The minimum absolute atomic E-state index is 0.220. The molecule has 0 atom stereocenters. The van der Waals surface area contributed by atoms with E-state index in [0.717, 1.165) is 16.4 Å². The Bertz CT molecular complexity index is 655. The van der Waals surface area contributed by atoms with Crippen molar-refractivity contribution in [3.63, 3.8) is 0 Å². The van der Waals surface area contributed by atoms with E-state index < -0.39 is 0 Å². The van der Waals surface area contributed by atoms with Crippen molar-refractivity contribution in [1.29, 1.82) is 0 Å². The van der Waals surface area contributed by atoms with Crippen LogP contribution in [-0.2, 0) is 0 Å². The van der Waals surface area contributed by atoms with Gasteiger partial charge in [-0.15, -0.1) is 0 Å². The Hall–Kier alpha value is -2.03. The molecule has 2 aromatic heterocycles. The number of hydrogen-bond acceptors (Lipinski definition) is 2. The summed E-state index contributed by atoms with van der Waals surface area (Å²) in [6.07, 6.45) is 1.47. The molecule has 15 heavy (non-hydrogen) atoms. The van der Waals surface area contributed by atoms with Crippen molar-refractivity contribution in [2.45, 2.75) is 6.92 Å². The van der Waals surface area contributed by atoms with Crippen molar-refractivity contribution in [3.05, 3.63) is 42.1 Å². The monoisotopic (exact) mass is 198 g/mol. The first-order valence-corrected chi connectivity index (χ1v) is 4.82. The number of aromatic hydroxyl groups is 1. The fourth-order valence-electron chi connectivity index (χ4n) is 1.87. The Balaban J connectivity index is 2.55. The molecule has 0 fully saturated rings. The zero-order valence-corrected chi connectivity index (χ0v) is 8.31. The Labute approximate surface area is 86.6 Å². The zero-order chi connectivity index (χ0) is 10.4. The van der Waals surface area contributed by atoms with E-state index in [-0.39, 0.29) is 5.75 Å². The van der Waals surface area contributed by atoms with E-state index in [0.29, 0.717) is 0 Å². The third kappa shape index (κ3) is 1.09. The molecule has 0 aliphatic heterocycles. The number of rotatable bonds is 0. The molecule has 0 radical (unpaired) electrons. The third-order valence-corrected chi connectivity index (χ3v) is 2.62. The van der Waals surface area contributed by atoms with Crippen molar-refractivity contribution < 1.29 is 5.11 Å². The first-order chi connectivity index (χ1) is 7.25. The van der Waals surface area contributed by atoms with Crippen molar-refractivity contribution in [3.8, 4) is 5.75 Å². The normalized spacial score (nSPS) is 11.3. The van der Waals surface area contributed by atoms with E-state index in [1.165, 1.54) is 11.8 Å². The van der Waals surface area contributed by atoms with Crippen molar-refractivity contribution in [2.75, 3.05) is 0 Å². The van der Waals surface area contributed by atoms with Crippen molar-refractivity contribution in [2.24, 2.45) is 0 Å². The predicted molar refractivity (Wildman–Crippen MR) is 59.1 cm³/mol. The highest BCUT2D eigenvalue weighted by molar-refractivity contribution is 5.84. The molecular weight excluding hydrogens is 188 g/mol. The molecule has 3 nitrogen and oxygen atoms in total. The summed E-state index contributed by atoms with van der Waals surface area (Å²) in [4.78, 5) is 0. The van der Waals surface area contributed by atoms with Gasteiger partial charge in [-0.05, 0) is 25.1 Å². The highest BCUT2D eigenvalue weighted by atomic mass is 16.3. The van der Waals surface area contributed by atoms with E-state index in [9.17, 15) is 5.11 Å². The molecule has 0 saturated carbocycles. The standard InChI is InChI=1S/C12H10N2O/c1-8-2-4-10-9(6-8)3-5-11-12(15)7-13-14(10)11/h2-7,15H,1H3. The second-order valence-electron chi connectivity index (χ2n) is 3.72. The van der Waals surface area contributed by atoms with Crippen LogP contribution in [0, 0.1) is 6.92 Å². The van der Waals surface area contributed by atoms with E-state index in [4.69, 9.17) is 0 Å². The van der Waals surface area contributed by atoms with Gasteiger partial charge in [-0.3, -0.25) is 0 Å². The van der Waals surface area contributed by atoms with E-state index in [1.54, 1.807) is 4.52 Å². The average molecular weight is 198 g/mol. The summed E-state index contributed by atoms with van der Waals surface area (Å²) >= 11 is 0. The van der Waals surface area contributed by atoms with Gasteiger partial charge in [0.2, 0.25) is 0 Å². The molecule has 0 spiro atoms. The molecule has 1 N–H and O–H groups in total. The van der Waals surface area contributed by atoms with Crippen LogP contribution in [0.4, 0.5) is 0 Å². The smallest absolute Gasteiger partial charge is 0.161 e. The van der Waals surface area contributed by atoms with Gasteiger partial charge in [-0.2, -0.15) is 5.10 Å². The molecule has 3 heteroatoms. The Kier molecular flexibility index (Phi) is 1.51. The molecule has 0 saturated heterocycles. The van der Waals surface area contributed by atoms with Gasteiger partial charge in [0.1, 0.15) is 5.52 Å². The first-order valence-electron chi connectivity index (χ1n) is 4.82. The molecule has 0 aliphatic rings. The van der Waals surface area contributed by atoms with Gasteiger partial charge >= 0.3 is 0 Å². The zero-order valence-electron chi connectivity index (χ0n) is 8.31. The van der Waals surface area contributed by atoms with Gasteiger partial charge < -0.3 is 5.11 Å². The fraction of sp³-hybridized carbons (Fsp3) is 0.0833. The maximum Gasteiger partial charge on any atom is 0.161 e. The molecule has 3 rings (SSSR count). The van der Waals surface area contributed by atoms with E-state index >= 15 is 0 Å². The summed E-state index contributed by atoms with van der Waals surface area (Å²) in [5.74, 6) is 0.220. The number of benzene rings is 1. The summed E-state index contributed by atoms with van der Waals surface area (Å²) in [5.41, 5.74) is 2.97. The van der Waals surface area contributed by atoms with Crippen LogP contribution in [0.15, 0.2) is 36.5 Å². The average Bonchev–Trinajstić information content (AvgIpc) is 2.60. The molecule has 74 valence electrons. The van der Waals surface area contributed by atoms with Crippen LogP contribution in [0.3, 0.4) is 0 Å². The third-order valence-electron chi connectivity index (χ3n) is 2.62. The highest BCUT2D eigenvalue weighted by Gasteiger charge is 2.04. The predicted octanol–water partition coefficient (Wildman–Crippen LogP) is 2.50. The summed E-state index contributed by atoms with van der Waals surface area (Å²) in [7, 11) is 0. The van der Waals surface area contributed by atoms with Crippen LogP contribution < -0.4 is 0 Å². The molecule has 0 amide bonds. The maximum atomic E-state index is 9.54. The number of aryl methyl sites for hydroxylation is 1. The van der Waals surface area contributed by atoms with Crippen molar-refractivity contribution in [1.82, 2.24) is 9.61 Å². The molecule has 0 aliphatic carbocycles. The summed E-state index contributed by atoms with van der Waals surface area (Å²) in [5, 5.41) is 14.8. The largest absolute Gasteiger partial charge is 0.504 e. The molecule has 2 heterocycles. The lowest BCUT2D eigenvalue weighted by Gasteiger charge is -2.02. The lowest BCUT2D eigenvalue weighted by atomic mass is 10.1. The molecule has 0 bridgehead atoms. The first kappa shape index (κ1) is 8.29. The summed E-state index contributed by atoms with van der Waals surface area (Å²) in [6.45, 7) is 2.06.